The van der Waals surface area contributed by atoms with Crippen molar-refractivity contribution in [1.29, 1.82) is 0 Å². The Bertz CT molecular complexity index is 742. The van der Waals surface area contributed by atoms with Gasteiger partial charge in [0.2, 0.25) is 5.82 Å². The molecular formula is C11H7FN4O5. The van der Waals surface area contributed by atoms with Gasteiger partial charge in [-0.1, -0.05) is 0 Å². The van der Waals surface area contributed by atoms with E-state index >= 15 is 0 Å². The van der Waals surface area contributed by atoms with Crippen LogP contribution in [0.4, 0.5) is 15.9 Å². The standard InChI is InChI=1S/C11H7FN4O5/c12-6-3-5(1-2-8(6)16(20)21)10(17)13-9-4-7(11(18)19)14-15-9/h1-4H,(H,18,19)(H2,13,14,15,17). The Hall–Kier alpha value is -3.30. The Morgan fingerprint density at radius 3 is 2.62 bits per heavy atom. The van der Waals surface area contributed by atoms with E-state index in [-0.39, 0.29) is 17.1 Å². The van der Waals surface area contributed by atoms with Gasteiger partial charge in [0.05, 0.1) is 4.92 Å². The minimum Gasteiger partial charge on any atom is -0.477 e. The number of aromatic carboxylic acids is 1. The third-order valence-corrected chi connectivity index (χ3v) is 2.46. The SMILES string of the molecule is O=C(Nc1cc(C(=O)O)[nH]n1)c1ccc([N+](=O)[O-])c(F)c1. The summed E-state index contributed by atoms with van der Waals surface area (Å²) < 4.78 is 13.4. The number of carboxylic acids is 1. The zero-order chi connectivity index (χ0) is 15.6. The molecule has 2 aromatic rings. The number of nitrogens with one attached hydrogen (secondary N) is 2. The molecule has 0 spiro atoms. The van der Waals surface area contributed by atoms with Gasteiger partial charge in [-0.3, -0.25) is 20.0 Å². The van der Waals surface area contributed by atoms with E-state index in [2.05, 4.69) is 15.5 Å². The first-order chi connectivity index (χ1) is 9.88. The Balaban J connectivity index is 2.18. The maximum atomic E-state index is 13.4. The van der Waals surface area contributed by atoms with Crippen LogP contribution in [0.5, 0.6) is 0 Å². The number of rotatable bonds is 4. The molecule has 0 unspecified atom stereocenters. The second-order valence-corrected chi connectivity index (χ2v) is 3.85. The first kappa shape index (κ1) is 14.1. The molecule has 1 aromatic heterocycles. The Kier molecular flexibility index (Phi) is 3.61. The molecule has 0 radical (unpaired) electrons. The van der Waals surface area contributed by atoms with E-state index in [9.17, 15) is 24.1 Å². The lowest BCUT2D eigenvalue weighted by molar-refractivity contribution is -0.387. The molecule has 1 heterocycles. The number of halogens is 1. The van der Waals surface area contributed by atoms with Gasteiger partial charge in [0.25, 0.3) is 5.91 Å². The van der Waals surface area contributed by atoms with Crippen LogP contribution in [-0.2, 0) is 0 Å². The highest BCUT2D eigenvalue weighted by atomic mass is 19.1. The molecule has 0 aliphatic rings. The predicted octanol–water partition coefficient (Wildman–Crippen LogP) is 1.41. The van der Waals surface area contributed by atoms with Gasteiger partial charge in [-0.2, -0.15) is 9.49 Å². The molecule has 2 rings (SSSR count). The molecule has 3 N–H and O–H groups in total. The lowest BCUT2D eigenvalue weighted by Crippen LogP contribution is -2.12. The summed E-state index contributed by atoms with van der Waals surface area (Å²) in [6.07, 6.45) is 0. The van der Waals surface area contributed by atoms with Crippen molar-refractivity contribution in [3.8, 4) is 0 Å². The summed E-state index contributed by atoms with van der Waals surface area (Å²) in [5, 5.41) is 27.1. The average molecular weight is 294 g/mol. The van der Waals surface area contributed by atoms with Crippen LogP contribution in [0.2, 0.25) is 0 Å². The number of amides is 1. The first-order valence-electron chi connectivity index (χ1n) is 5.42. The minimum atomic E-state index is -1.26. The number of carbonyl (C=O) groups is 2. The summed E-state index contributed by atoms with van der Waals surface area (Å²) in [7, 11) is 0. The number of benzene rings is 1. The second kappa shape index (κ2) is 5.36. The molecule has 0 bridgehead atoms. The summed E-state index contributed by atoms with van der Waals surface area (Å²) in [5.74, 6) is -3.27. The maximum Gasteiger partial charge on any atom is 0.353 e. The molecule has 0 fully saturated rings. The number of anilines is 1. The summed E-state index contributed by atoms with van der Waals surface area (Å²) in [5.41, 5.74) is -1.15. The number of nitrogens with zero attached hydrogens (tertiary/aromatic N) is 2. The Labute approximate surface area is 115 Å². The third kappa shape index (κ3) is 3.00. The monoisotopic (exact) mass is 294 g/mol. The van der Waals surface area contributed by atoms with Crippen molar-refractivity contribution in [3.05, 3.63) is 51.5 Å². The van der Waals surface area contributed by atoms with E-state index in [0.717, 1.165) is 18.2 Å². The first-order valence-corrected chi connectivity index (χ1v) is 5.42. The van der Waals surface area contributed by atoms with E-state index in [1.54, 1.807) is 0 Å². The fourth-order valence-electron chi connectivity index (χ4n) is 1.48. The molecule has 21 heavy (non-hydrogen) atoms. The zero-order valence-electron chi connectivity index (χ0n) is 10.2. The van der Waals surface area contributed by atoms with Crippen LogP contribution in [0.1, 0.15) is 20.8 Å². The van der Waals surface area contributed by atoms with Gasteiger partial charge in [-0.05, 0) is 12.1 Å². The molecule has 0 atom stereocenters. The topological polar surface area (TPSA) is 138 Å². The van der Waals surface area contributed by atoms with Gasteiger partial charge in [-0.25, -0.2) is 4.79 Å². The Morgan fingerprint density at radius 2 is 2.10 bits per heavy atom. The molecule has 0 aliphatic heterocycles. The van der Waals surface area contributed by atoms with Crippen LogP contribution >= 0.6 is 0 Å². The number of aromatic nitrogens is 2. The van der Waals surface area contributed by atoms with Crippen molar-refractivity contribution in [2.75, 3.05) is 5.32 Å². The largest absolute Gasteiger partial charge is 0.477 e. The average Bonchev–Trinajstić information content (AvgIpc) is 2.86. The summed E-state index contributed by atoms with van der Waals surface area (Å²) >= 11 is 0. The van der Waals surface area contributed by atoms with Crippen molar-refractivity contribution >= 4 is 23.4 Å². The summed E-state index contributed by atoms with van der Waals surface area (Å²) in [6, 6.07) is 3.71. The summed E-state index contributed by atoms with van der Waals surface area (Å²) in [4.78, 5) is 31.9. The fraction of sp³-hybridized carbons (Fsp3) is 0. The second-order valence-electron chi connectivity index (χ2n) is 3.85. The van der Waals surface area contributed by atoms with Gasteiger partial charge >= 0.3 is 11.7 Å². The van der Waals surface area contributed by atoms with Crippen LogP contribution in [0.3, 0.4) is 0 Å². The van der Waals surface area contributed by atoms with Crippen LogP contribution in [0.25, 0.3) is 0 Å². The highest BCUT2D eigenvalue weighted by Crippen LogP contribution is 2.18. The molecule has 9 nitrogen and oxygen atoms in total. The maximum absolute atomic E-state index is 13.4. The number of aromatic amines is 1. The highest BCUT2D eigenvalue weighted by Gasteiger charge is 2.17. The summed E-state index contributed by atoms with van der Waals surface area (Å²) in [6.45, 7) is 0. The van der Waals surface area contributed by atoms with Crippen molar-refractivity contribution in [3.63, 3.8) is 0 Å². The Morgan fingerprint density at radius 1 is 1.38 bits per heavy atom. The van der Waals surface area contributed by atoms with Gasteiger partial charge in [0, 0.05) is 17.7 Å². The molecule has 1 aromatic carbocycles. The molecule has 0 aliphatic carbocycles. The third-order valence-electron chi connectivity index (χ3n) is 2.46. The van der Waals surface area contributed by atoms with Crippen LogP contribution < -0.4 is 5.32 Å². The molecule has 0 saturated heterocycles. The van der Waals surface area contributed by atoms with Gasteiger partial charge in [-0.15, -0.1) is 0 Å². The number of carbonyl (C=O) groups excluding carboxylic acids is 1. The number of carboxylic acid groups (broad SMARTS) is 1. The zero-order valence-corrected chi connectivity index (χ0v) is 10.2. The van der Waals surface area contributed by atoms with Gasteiger partial charge in [0.15, 0.2) is 5.82 Å². The van der Waals surface area contributed by atoms with Crippen molar-refractivity contribution < 1.29 is 24.0 Å². The number of hydrogen-bond donors (Lipinski definition) is 3. The number of hydrogen-bond acceptors (Lipinski definition) is 5. The van der Waals surface area contributed by atoms with E-state index in [1.165, 1.54) is 0 Å². The molecular weight excluding hydrogens is 287 g/mol. The van der Waals surface area contributed by atoms with Crippen LogP contribution in [-0.4, -0.2) is 32.1 Å². The van der Waals surface area contributed by atoms with Crippen molar-refractivity contribution in [2.24, 2.45) is 0 Å². The normalized spacial score (nSPS) is 10.1. The molecule has 1 amide bonds. The van der Waals surface area contributed by atoms with E-state index in [4.69, 9.17) is 5.11 Å². The van der Waals surface area contributed by atoms with Crippen molar-refractivity contribution in [2.45, 2.75) is 0 Å². The van der Waals surface area contributed by atoms with E-state index < -0.39 is 28.3 Å². The fourth-order valence-corrected chi connectivity index (χ4v) is 1.48. The van der Waals surface area contributed by atoms with Gasteiger partial charge in [0.1, 0.15) is 5.69 Å². The lowest BCUT2D eigenvalue weighted by atomic mass is 10.2. The highest BCUT2D eigenvalue weighted by molar-refractivity contribution is 6.04. The molecule has 10 heteroatoms. The van der Waals surface area contributed by atoms with Gasteiger partial charge < -0.3 is 10.4 Å². The molecule has 108 valence electrons. The minimum absolute atomic E-state index is 0.0730. The smallest absolute Gasteiger partial charge is 0.353 e. The number of nitro benzene ring substituents is 1. The van der Waals surface area contributed by atoms with E-state index in [0.29, 0.717) is 6.07 Å². The van der Waals surface area contributed by atoms with E-state index in [1.807, 2.05) is 0 Å². The number of H-pyrrole nitrogens is 1. The number of nitro groups is 1. The molecule has 0 saturated carbocycles. The predicted molar refractivity (Wildman–Crippen MR) is 66.6 cm³/mol. The lowest BCUT2D eigenvalue weighted by Gasteiger charge is -2.02. The van der Waals surface area contributed by atoms with Crippen LogP contribution in [0, 0.1) is 15.9 Å². The van der Waals surface area contributed by atoms with Crippen LogP contribution in [0.15, 0.2) is 24.3 Å². The van der Waals surface area contributed by atoms with Crippen molar-refractivity contribution in [1.82, 2.24) is 10.2 Å². The quantitative estimate of drug-likeness (QED) is 0.575.